The fourth-order valence-corrected chi connectivity index (χ4v) is 4.29. The Labute approximate surface area is 181 Å². The number of aromatic nitrogens is 5. The van der Waals surface area contributed by atoms with E-state index in [0.717, 1.165) is 44.7 Å². The molecule has 0 atom stereocenters. The molecule has 2 aliphatic rings. The van der Waals surface area contributed by atoms with Crippen LogP contribution in [0.4, 0.5) is 21.7 Å². The molecule has 31 heavy (non-hydrogen) atoms. The van der Waals surface area contributed by atoms with Crippen LogP contribution in [0.3, 0.4) is 0 Å². The number of likely N-dealkylation sites (N-methyl/N-ethyl adjacent to an activating group) is 1. The van der Waals surface area contributed by atoms with E-state index in [9.17, 15) is 4.39 Å². The summed E-state index contributed by atoms with van der Waals surface area (Å²) in [6.07, 6.45) is 7.54. The molecule has 162 valence electrons. The van der Waals surface area contributed by atoms with E-state index in [1.54, 1.807) is 6.20 Å². The summed E-state index contributed by atoms with van der Waals surface area (Å²) in [5.74, 6) is -0.173. The van der Waals surface area contributed by atoms with Gasteiger partial charge in [0.15, 0.2) is 5.82 Å². The van der Waals surface area contributed by atoms with Crippen LogP contribution >= 0.6 is 0 Å². The number of hydrogen-bond acceptors (Lipinski definition) is 7. The molecule has 0 spiro atoms. The van der Waals surface area contributed by atoms with Crippen molar-refractivity contribution < 1.29 is 4.39 Å². The number of piperazine rings is 1. The second-order valence-corrected chi connectivity index (χ2v) is 8.37. The largest absolute Gasteiger partial charge is 0.369 e. The van der Waals surface area contributed by atoms with Crippen LogP contribution in [-0.2, 0) is 0 Å². The minimum Gasteiger partial charge on any atom is -0.369 e. The SMILES string of the molecule is CN1CCN(c2ccc(Nc3ncc(F)c(-c4cn(C5CCCC5)nn4)n3)cc2)CC1. The standard InChI is InChI=1S/C22H27FN8/c1-29-10-12-30(13-11-29)17-8-6-16(7-9-17)25-22-24-14-19(23)21(26-22)20-15-31(28-27-20)18-4-2-3-5-18/h6-9,14-15,18H,2-5,10-13H2,1H3,(H,24,25,26). The van der Waals surface area contributed by atoms with Gasteiger partial charge in [-0.3, -0.25) is 0 Å². The molecule has 0 bridgehead atoms. The highest BCUT2D eigenvalue weighted by Crippen LogP contribution is 2.30. The third-order valence-electron chi connectivity index (χ3n) is 6.19. The Balaban J connectivity index is 1.30. The van der Waals surface area contributed by atoms with Gasteiger partial charge in [-0.1, -0.05) is 18.1 Å². The molecule has 1 N–H and O–H groups in total. The molecule has 0 radical (unpaired) electrons. The predicted molar refractivity (Wildman–Crippen MR) is 118 cm³/mol. The molecule has 9 heteroatoms. The first kappa shape index (κ1) is 19.9. The first-order chi connectivity index (χ1) is 15.2. The van der Waals surface area contributed by atoms with Crippen LogP contribution in [-0.4, -0.2) is 63.1 Å². The van der Waals surface area contributed by atoms with E-state index < -0.39 is 5.82 Å². The molecule has 1 aliphatic carbocycles. The van der Waals surface area contributed by atoms with E-state index in [1.807, 2.05) is 16.8 Å². The predicted octanol–water partition coefficient (Wildman–Crippen LogP) is 3.48. The normalized spacial score (nSPS) is 17.9. The molecule has 2 fully saturated rings. The summed E-state index contributed by atoms with van der Waals surface area (Å²) >= 11 is 0. The molecule has 0 amide bonds. The topological polar surface area (TPSA) is 75.0 Å². The van der Waals surface area contributed by atoms with E-state index in [4.69, 9.17) is 0 Å². The molecule has 8 nitrogen and oxygen atoms in total. The maximum Gasteiger partial charge on any atom is 0.227 e. The van der Waals surface area contributed by atoms with Gasteiger partial charge in [0.2, 0.25) is 5.95 Å². The minimum atomic E-state index is -0.505. The number of nitrogens with zero attached hydrogens (tertiary/aromatic N) is 7. The molecule has 1 aromatic carbocycles. The average Bonchev–Trinajstić information content (AvgIpc) is 3.48. The molecule has 2 aromatic heterocycles. The minimum absolute atomic E-state index is 0.163. The summed E-state index contributed by atoms with van der Waals surface area (Å²) in [6, 6.07) is 8.52. The van der Waals surface area contributed by atoms with Crippen molar-refractivity contribution in [3.63, 3.8) is 0 Å². The quantitative estimate of drug-likeness (QED) is 0.675. The zero-order valence-electron chi connectivity index (χ0n) is 17.7. The second-order valence-electron chi connectivity index (χ2n) is 8.37. The fourth-order valence-electron chi connectivity index (χ4n) is 4.29. The monoisotopic (exact) mass is 422 g/mol. The molecule has 1 saturated carbocycles. The summed E-state index contributed by atoms with van der Waals surface area (Å²) in [5, 5.41) is 11.5. The number of anilines is 3. The summed E-state index contributed by atoms with van der Waals surface area (Å²) in [6.45, 7) is 4.18. The Morgan fingerprint density at radius 3 is 2.52 bits per heavy atom. The Morgan fingerprint density at radius 2 is 1.77 bits per heavy atom. The Morgan fingerprint density at radius 1 is 1.03 bits per heavy atom. The summed E-state index contributed by atoms with van der Waals surface area (Å²) in [5.41, 5.74) is 2.64. The van der Waals surface area contributed by atoms with Crippen LogP contribution in [0.15, 0.2) is 36.7 Å². The van der Waals surface area contributed by atoms with Gasteiger partial charge in [0, 0.05) is 37.6 Å². The van der Waals surface area contributed by atoms with Gasteiger partial charge in [0.25, 0.3) is 0 Å². The average molecular weight is 423 g/mol. The molecule has 3 aromatic rings. The molecule has 1 aliphatic heterocycles. The molecular formula is C22H27FN8. The first-order valence-corrected chi connectivity index (χ1v) is 10.9. The Bertz CT molecular complexity index is 1020. The van der Waals surface area contributed by atoms with Gasteiger partial charge in [-0.2, -0.15) is 0 Å². The van der Waals surface area contributed by atoms with Crippen LogP contribution in [0, 0.1) is 5.82 Å². The van der Waals surface area contributed by atoms with E-state index in [1.165, 1.54) is 24.7 Å². The summed E-state index contributed by atoms with van der Waals surface area (Å²) in [7, 11) is 2.15. The van der Waals surface area contributed by atoms with Crippen LogP contribution < -0.4 is 10.2 Å². The lowest BCUT2D eigenvalue weighted by Crippen LogP contribution is -2.44. The number of benzene rings is 1. The van der Waals surface area contributed by atoms with E-state index in [2.05, 4.69) is 54.6 Å². The van der Waals surface area contributed by atoms with E-state index >= 15 is 0 Å². The van der Waals surface area contributed by atoms with Crippen LogP contribution in [0.25, 0.3) is 11.4 Å². The Hall–Kier alpha value is -3.07. The van der Waals surface area contributed by atoms with E-state index in [0.29, 0.717) is 17.7 Å². The third-order valence-corrected chi connectivity index (χ3v) is 6.19. The number of nitrogens with one attached hydrogen (secondary N) is 1. The number of halogens is 1. The van der Waals surface area contributed by atoms with Crippen molar-refractivity contribution in [1.82, 2.24) is 29.9 Å². The van der Waals surface area contributed by atoms with Gasteiger partial charge < -0.3 is 15.1 Å². The highest BCUT2D eigenvalue weighted by Gasteiger charge is 2.20. The lowest BCUT2D eigenvalue weighted by Gasteiger charge is -2.34. The fraction of sp³-hybridized carbons (Fsp3) is 0.455. The molecule has 5 rings (SSSR count). The summed E-state index contributed by atoms with van der Waals surface area (Å²) < 4.78 is 16.3. The lowest BCUT2D eigenvalue weighted by molar-refractivity contribution is 0.313. The van der Waals surface area contributed by atoms with Gasteiger partial charge in [-0.05, 0) is 44.2 Å². The molecule has 3 heterocycles. The molecule has 1 saturated heterocycles. The maximum atomic E-state index is 14.4. The van der Waals surface area contributed by atoms with E-state index in [-0.39, 0.29) is 5.69 Å². The highest BCUT2D eigenvalue weighted by molar-refractivity contribution is 5.61. The maximum absolute atomic E-state index is 14.4. The van der Waals surface area contributed by atoms with Crippen LogP contribution in [0.2, 0.25) is 0 Å². The summed E-state index contributed by atoms with van der Waals surface area (Å²) in [4.78, 5) is 13.2. The zero-order valence-corrected chi connectivity index (χ0v) is 17.7. The van der Waals surface area contributed by atoms with Gasteiger partial charge in [-0.15, -0.1) is 5.10 Å². The van der Waals surface area contributed by atoms with Crippen molar-refractivity contribution in [3.8, 4) is 11.4 Å². The number of hydrogen-bond donors (Lipinski definition) is 1. The van der Waals surface area contributed by atoms with Gasteiger partial charge in [0.05, 0.1) is 18.4 Å². The van der Waals surface area contributed by atoms with Crippen molar-refractivity contribution in [3.05, 3.63) is 42.5 Å². The molecule has 0 unspecified atom stereocenters. The third kappa shape index (κ3) is 4.36. The second kappa shape index (κ2) is 8.58. The lowest BCUT2D eigenvalue weighted by atomic mass is 10.2. The smallest absolute Gasteiger partial charge is 0.227 e. The molecular weight excluding hydrogens is 395 g/mol. The van der Waals surface area contributed by atoms with Gasteiger partial charge in [-0.25, -0.2) is 19.0 Å². The van der Waals surface area contributed by atoms with Crippen LogP contribution in [0.5, 0.6) is 0 Å². The van der Waals surface area contributed by atoms with Crippen molar-refractivity contribution in [2.45, 2.75) is 31.7 Å². The Kier molecular flexibility index (Phi) is 5.50. The van der Waals surface area contributed by atoms with Crippen molar-refractivity contribution >= 4 is 17.3 Å². The zero-order chi connectivity index (χ0) is 21.2. The first-order valence-electron chi connectivity index (χ1n) is 10.9. The number of rotatable bonds is 5. The van der Waals surface area contributed by atoms with Gasteiger partial charge in [0.1, 0.15) is 11.4 Å². The van der Waals surface area contributed by atoms with Crippen LogP contribution in [0.1, 0.15) is 31.7 Å². The van der Waals surface area contributed by atoms with Gasteiger partial charge >= 0.3 is 0 Å². The highest BCUT2D eigenvalue weighted by atomic mass is 19.1. The van der Waals surface area contributed by atoms with Crippen molar-refractivity contribution in [2.75, 3.05) is 43.4 Å². The van der Waals surface area contributed by atoms with Crippen molar-refractivity contribution in [1.29, 1.82) is 0 Å². The van der Waals surface area contributed by atoms with Crippen molar-refractivity contribution in [2.24, 2.45) is 0 Å².